The number of aromatic nitrogens is 2. The number of halogens is 1. The zero-order valence-electron chi connectivity index (χ0n) is 13.8. The van der Waals surface area contributed by atoms with Crippen LogP contribution in [0, 0.1) is 0 Å². The van der Waals surface area contributed by atoms with Gasteiger partial charge in [0.15, 0.2) is 12.5 Å². The maximum Gasteiger partial charge on any atom is 0.435 e. The number of nitrogens with zero attached hydrogens (tertiary/aromatic N) is 2. The normalized spacial score (nSPS) is 11.4. The summed E-state index contributed by atoms with van der Waals surface area (Å²) in [6.07, 6.45) is -0.701. The molecule has 1 aromatic heterocycles. The standard InChI is InChI=1S/C15H18FN3O5/c1-15(2,3)24-14(21)19-11-6-5-9(13(20)22-4)7-10(11)12(18-19)17-8-23-16/h5-7H,8H2,1-4H3,(H,17,18). The van der Waals surface area contributed by atoms with E-state index in [2.05, 4.69) is 20.1 Å². The molecular formula is C15H18FN3O5. The van der Waals surface area contributed by atoms with Crippen molar-refractivity contribution in [1.82, 2.24) is 9.78 Å². The minimum Gasteiger partial charge on any atom is -0.465 e. The van der Waals surface area contributed by atoms with Gasteiger partial charge in [0.2, 0.25) is 0 Å². The minimum absolute atomic E-state index is 0.166. The van der Waals surface area contributed by atoms with Crippen molar-refractivity contribution in [3.8, 4) is 0 Å². The Balaban J connectivity index is 2.52. The highest BCUT2D eigenvalue weighted by Crippen LogP contribution is 2.25. The summed E-state index contributed by atoms with van der Waals surface area (Å²) in [5.41, 5.74) is -0.0621. The molecule has 0 aliphatic heterocycles. The van der Waals surface area contributed by atoms with E-state index in [1.807, 2.05) is 0 Å². The van der Waals surface area contributed by atoms with Crippen LogP contribution in [0.15, 0.2) is 18.2 Å². The van der Waals surface area contributed by atoms with Crippen LogP contribution < -0.4 is 5.32 Å². The van der Waals surface area contributed by atoms with Gasteiger partial charge in [0.05, 0.1) is 18.2 Å². The van der Waals surface area contributed by atoms with Crippen molar-refractivity contribution in [3.05, 3.63) is 23.8 Å². The molecular weight excluding hydrogens is 321 g/mol. The summed E-state index contributed by atoms with van der Waals surface area (Å²) >= 11 is 0. The van der Waals surface area contributed by atoms with E-state index >= 15 is 0 Å². The highest BCUT2D eigenvalue weighted by atomic mass is 19.3. The third-order valence-electron chi connectivity index (χ3n) is 2.96. The molecule has 0 saturated heterocycles. The second-order valence-corrected chi connectivity index (χ2v) is 5.89. The number of carbonyl (C=O) groups excluding carboxylic acids is 2. The number of fused-ring (bicyclic) bond motifs is 1. The number of rotatable bonds is 4. The van der Waals surface area contributed by atoms with Gasteiger partial charge in [-0.15, -0.1) is 5.10 Å². The van der Waals surface area contributed by atoms with Gasteiger partial charge >= 0.3 is 12.1 Å². The summed E-state index contributed by atoms with van der Waals surface area (Å²) in [7, 11) is 1.26. The van der Waals surface area contributed by atoms with Gasteiger partial charge in [0.1, 0.15) is 5.60 Å². The highest BCUT2D eigenvalue weighted by Gasteiger charge is 2.23. The zero-order valence-corrected chi connectivity index (χ0v) is 13.8. The van der Waals surface area contributed by atoms with Crippen LogP contribution in [0.2, 0.25) is 0 Å². The molecule has 1 aromatic carbocycles. The van der Waals surface area contributed by atoms with Crippen molar-refractivity contribution in [2.45, 2.75) is 26.4 Å². The molecule has 8 nitrogen and oxygen atoms in total. The van der Waals surface area contributed by atoms with E-state index in [0.29, 0.717) is 10.9 Å². The zero-order chi connectivity index (χ0) is 17.9. The molecule has 130 valence electrons. The van der Waals surface area contributed by atoms with Gasteiger partial charge < -0.3 is 14.8 Å². The lowest BCUT2D eigenvalue weighted by Crippen LogP contribution is -2.27. The van der Waals surface area contributed by atoms with E-state index in [0.717, 1.165) is 4.68 Å². The van der Waals surface area contributed by atoms with Crippen LogP contribution >= 0.6 is 0 Å². The van der Waals surface area contributed by atoms with Crippen molar-refractivity contribution in [2.75, 3.05) is 19.2 Å². The van der Waals surface area contributed by atoms with Crippen LogP contribution in [0.5, 0.6) is 0 Å². The van der Waals surface area contributed by atoms with Crippen LogP contribution in [0.3, 0.4) is 0 Å². The summed E-state index contributed by atoms with van der Waals surface area (Å²) in [5.74, 6) is -0.381. The summed E-state index contributed by atoms with van der Waals surface area (Å²) < 4.78 is 22.9. The quantitative estimate of drug-likeness (QED) is 0.676. The van der Waals surface area contributed by atoms with Crippen molar-refractivity contribution < 1.29 is 28.5 Å². The molecule has 0 bridgehead atoms. The summed E-state index contributed by atoms with van der Waals surface area (Å²) in [5, 5.41) is 7.06. The maximum atomic E-state index is 12.3. The van der Waals surface area contributed by atoms with E-state index in [1.165, 1.54) is 25.3 Å². The molecule has 0 spiro atoms. The lowest BCUT2D eigenvalue weighted by atomic mass is 10.1. The third kappa shape index (κ3) is 3.80. The fourth-order valence-corrected chi connectivity index (χ4v) is 2.03. The van der Waals surface area contributed by atoms with Gasteiger partial charge in [-0.1, -0.05) is 0 Å². The molecule has 9 heteroatoms. The molecule has 0 amide bonds. The first kappa shape index (κ1) is 17.7. The molecule has 0 fully saturated rings. The van der Waals surface area contributed by atoms with E-state index in [9.17, 15) is 14.1 Å². The Kier molecular flexibility index (Phi) is 5.03. The first-order chi connectivity index (χ1) is 11.3. The average Bonchev–Trinajstić information content (AvgIpc) is 2.88. The smallest absolute Gasteiger partial charge is 0.435 e. The van der Waals surface area contributed by atoms with Crippen LogP contribution in [-0.4, -0.2) is 41.3 Å². The summed E-state index contributed by atoms with van der Waals surface area (Å²) in [4.78, 5) is 27.4. The predicted molar refractivity (Wildman–Crippen MR) is 83.4 cm³/mol. The van der Waals surface area contributed by atoms with Gasteiger partial charge in [-0.3, -0.25) is 0 Å². The van der Waals surface area contributed by atoms with Gasteiger partial charge in [-0.2, -0.15) is 9.62 Å². The largest absolute Gasteiger partial charge is 0.465 e. The topological polar surface area (TPSA) is 91.7 Å². The highest BCUT2D eigenvalue weighted by molar-refractivity contribution is 6.00. The lowest BCUT2D eigenvalue weighted by molar-refractivity contribution is -0.123. The van der Waals surface area contributed by atoms with Gasteiger partial charge in [-0.25, -0.2) is 9.59 Å². The molecule has 0 aliphatic carbocycles. The first-order valence-electron chi connectivity index (χ1n) is 7.08. The Morgan fingerprint density at radius 3 is 2.62 bits per heavy atom. The Morgan fingerprint density at radius 1 is 1.33 bits per heavy atom. The van der Waals surface area contributed by atoms with Crippen molar-refractivity contribution in [3.63, 3.8) is 0 Å². The van der Waals surface area contributed by atoms with Crippen molar-refractivity contribution >= 4 is 28.8 Å². The van der Waals surface area contributed by atoms with Crippen LogP contribution in [0.1, 0.15) is 31.1 Å². The number of esters is 1. The summed E-state index contributed by atoms with van der Waals surface area (Å²) in [6, 6.07) is 4.50. The number of benzene rings is 1. The molecule has 2 aromatic rings. The minimum atomic E-state index is -0.711. The second kappa shape index (κ2) is 6.83. The molecule has 0 atom stereocenters. The maximum absolute atomic E-state index is 12.3. The molecule has 0 radical (unpaired) electrons. The number of carbonyl (C=O) groups is 2. The Labute approximate surface area is 137 Å². The fourth-order valence-electron chi connectivity index (χ4n) is 2.03. The number of methoxy groups -OCH3 is 1. The Morgan fingerprint density at radius 2 is 2.04 bits per heavy atom. The molecule has 1 N–H and O–H groups in total. The fraction of sp³-hybridized carbons (Fsp3) is 0.400. The Bertz CT molecular complexity index is 766. The second-order valence-electron chi connectivity index (χ2n) is 5.89. The lowest BCUT2D eigenvalue weighted by Gasteiger charge is -2.19. The SMILES string of the molecule is COC(=O)c1ccc2c(c1)c(NCOF)nn2C(=O)OC(C)(C)C. The van der Waals surface area contributed by atoms with Gasteiger partial charge in [0.25, 0.3) is 0 Å². The average molecular weight is 339 g/mol. The number of anilines is 1. The van der Waals surface area contributed by atoms with E-state index in [-0.39, 0.29) is 11.4 Å². The Hall–Kier alpha value is -2.68. The van der Waals surface area contributed by atoms with E-state index < -0.39 is 24.4 Å². The van der Waals surface area contributed by atoms with Crippen LogP contribution in [0.25, 0.3) is 10.9 Å². The number of nitrogens with one attached hydrogen (secondary N) is 1. The number of hydrogen-bond donors (Lipinski definition) is 1. The molecule has 0 unspecified atom stereocenters. The molecule has 24 heavy (non-hydrogen) atoms. The van der Waals surface area contributed by atoms with Crippen LogP contribution in [0.4, 0.5) is 15.1 Å². The molecule has 2 rings (SSSR count). The molecule has 1 heterocycles. The number of hydrogen-bond acceptors (Lipinski definition) is 7. The monoisotopic (exact) mass is 339 g/mol. The van der Waals surface area contributed by atoms with Crippen molar-refractivity contribution in [2.24, 2.45) is 0 Å². The van der Waals surface area contributed by atoms with Gasteiger partial charge in [0, 0.05) is 5.39 Å². The van der Waals surface area contributed by atoms with E-state index in [4.69, 9.17) is 4.74 Å². The van der Waals surface area contributed by atoms with E-state index in [1.54, 1.807) is 20.8 Å². The first-order valence-corrected chi connectivity index (χ1v) is 7.08. The molecule has 0 aliphatic rings. The third-order valence-corrected chi connectivity index (χ3v) is 2.96. The van der Waals surface area contributed by atoms with Crippen molar-refractivity contribution in [1.29, 1.82) is 0 Å². The summed E-state index contributed by atoms with van der Waals surface area (Å²) in [6.45, 7) is 4.70. The van der Waals surface area contributed by atoms with Gasteiger partial charge in [-0.05, 0) is 43.5 Å². The van der Waals surface area contributed by atoms with Crippen LogP contribution in [-0.2, 0) is 14.4 Å². The number of ether oxygens (including phenoxy) is 2. The molecule has 0 saturated carbocycles. The predicted octanol–water partition coefficient (Wildman–Crippen LogP) is 2.88.